The van der Waals surface area contributed by atoms with Gasteiger partial charge >= 0.3 is 0 Å². The van der Waals surface area contributed by atoms with Crippen molar-refractivity contribution in [1.82, 2.24) is 4.90 Å². The molecule has 0 amide bonds. The van der Waals surface area contributed by atoms with Crippen LogP contribution in [-0.2, 0) is 11.8 Å². The number of likely N-dealkylation sites (N-methyl/N-ethyl adjacent to an activating group) is 1. The Morgan fingerprint density at radius 3 is 3.41 bits per heavy atom. The maximum Gasteiger partial charge on any atom is 0.165 e. The van der Waals surface area contributed by atoms with Crippen molar-refractivity contribution in [2.75, 3.05) is 20.6 Å². The molecule has 1 aromatic rings. The fourth-order valence-electron chi connectivity index (χ4n) is 4.45. The number of hydrogen-bond acceptors (Lipinski definition) is 4. The highest BCUT2D eigenvalue weighted by atomic mass is 16.5. The lowest BCUT2D eigenvalue weighted by molar-refractivity contribution is -0.0453. The molecule has 1 aromatic carbocycles. The monoisotopic (exact) mass is 310 g/mol. The predicted octanol–water partition coefficient (Wildman–Crippen LogP) is 1.50. The highest BCUT2D eigenvalue weighted by Gasteiger charge is 2.64. The van der Waals surface area contributed by atoms with Crippen LogP contribution in [0.4, 0.5) is 0 Å². The molecule has 2 aliphatic heterocycles. The van der Waals surface area contributed by atoms with Gasteiger partial charge in [-0.1, -0.05) is 18.2 Å². The number of hydrogen-bond donors (Lipinski definition) is 1. The normalized spacial score (nSPS) is 55.1. The number of piperidine rings is 1. The summed E-state index contributed by atoms with van der Waals surface area (Å²) in [6.45, 7) is -2.76. The number of methoxy groups -OCH3 is 1. The quantitative estimate of drug-likeness (QED) is 0.798. The minimum atomic E-state index is -3.00. The van der Waals surface area contributed by atoms with Crippen LogP contribution in [0.2, 0.25) is 0 Å². The predicted molar refractivity (Wildman–Crippen MR) is 82.5 cm³/mol. The average Bonchev–Trinajstić information content (AvgIpc) is 2.98. The number of nitrogens with zero attached hydrogens (tertiary/aromatic N) is 1. The first-order valence-electron chi connectivity index (χ1n) is 12.7. The van der Waals surface area contributed by atoms with E-state index in [1.165, 1.54) is 6.08 Å². The van der Waals surface area contributed by atoms with E-state index in [4.69, 9.17) is 24.6 Å². The summed E-state index contributed by atoms with van der Waals surface area (Å²) in [5.41, 5.74) is -1.51. The van der Waals surface area contributed by atoms with Crippen molar-refractivity contribution >= 4 is 0 Å². The van der Waals surface area contributed by atoms with Crippen LogP contribution in [0.25, 0.3) is 0 Å². The van der Waals surface area contributed by atoms with E-state index in [9.17, 15) is 5.11 Å². The van der Waals surface area contributed by atoms with Crippen LogP contribution < -0.4 is 9.47 Å². The van der Waals surface area contributed by atoms with Gasteiger partial charge in [-0.2, -0.15) is 0 Å². The summed E-state index contributed by atoms with van der Waals surface area (Å²) in [6.07, 6.45) is -3.50. The number of aliphatic hydroxyl groups is 1. The summed E-state index contributed by atoms with van der Waals surface area (Å²) in [5, 5.41) is 10.9. The fraction of sp³-hybridized carbons (Fsp3) is 0.556. The zero-order chi connectivity index (χ0) is 24.5. The van der Waals surface area contributed by atoms with Gasteiger partial charge in [-0.15, -0.1) is 0 Å². The lowest BCUT2D eigenvalue weighted by Crippen LogP contribution is -2.64. The Labute approximate surface area is 145 Å². The molecule has 1 N–H and O–H groups in total. The second-order valence-corrected chi connectivity index (χ2v) is 6.14. The summed E-state index contributed by atoms with van der Waals surface area (Å²) in [7, 11) is -3.00. The van der Waals surface area contributed by atoms with Crippen molar-refractivity contribution in [3.8, 4) is 11.5 Å². The molecule has 2 bridgehead atoms. The van der Waals surface area contributed by atoms with Crippen molar-refractivity contribution in [2.24, 2.45) is 5.92 Å². The van der Waals surface area contributed by atoms with Crippen LogP contribution >= 0.6 is 0 Å². The molecule has 116 valence electrons. The number of benzene rings is 1. The molecule has 2 heterocycles. The Kier molecular flexibility index (Phi) is 1.14. The molecule has 0 aromatic heterocycles. The maximum absolute atomic E-state index is 10.9. The van der Waals surface area contributed by atoms with Crippen LogP contribution in [0, 0.1) is 5.92 Å². The van der Waals surface area contributed by atoms with Crippen LogP contribution in [0.15, 0.2) is 24.2 Å². The Morgan fingerprint density at radius 1 is 1.59 bits per heavy atom. The second kappa shape index (κ2) is 4.06. The smallest absolute Gasteiger partial charge is 0.165 e. The number of rotatable bonds is 1. The zero-order valence-corrected chi connectivity index (χ0v) is 11.5. The standard InChI is InChI=1S/C18H21NO3/c1-19-8-7-18-11-4-5-13(20)17(18)22-16-14(21-2)6-3-10(15(16)18)9-12(11)19/h3-6,11-13,17,20H,7-9H2,1-2H3/t11-,12+,13?,17?,18-/m0/s1/i1D3,2D3,3D,6D,9D2,13D. The van der Waals surface area contributed by atoms with Gasteiger partial charge in [0.25, 0.3) is 0 Å². The van der Waals surface area contributed by atoms with Crippen LogP contribution in [0.1, 0.15) is 32.6 Å². The summed E-state index contributed by atoms with van der Waals surface area (Å²) in [5.74, 6) is -1.72. The van der Waals surface area contributed by atoms with Crippen LogP contribution in [0.3, 0.4) is 0 Å². The van der Waals surface area contributed by atoms with Gasteiger partial charge in [0.15, 0.2) is 11.5 Å². The summed E-state index contributed by atoms with van der Waals surface area (Å²) < 4.78 is 100. The largest absolute Gasteiger partial charge is 0.493 e. The molecule has 4 heteroatoms. The molecule has 22 heavy (non-hydrogen) atoms. The van der Waals surface area contributed by atoms with Gasteiger partial charge in [0.05, 0.1) is 15.3 Å². The van der Waals surface area contributed by atoms with E-state index in [2.05, 4.69) is 0 Å². The molecular weight excluding hydrogens is 278 g/mol. The zero-order valence-electron chi connectivity index (χ0n) is 22.5. The highest BCUT2D eigenvalue weighted by Crippen LogP contribution is 2.62. The van der Waals surface area contributed by atoms with Gasteiger partial charge < -0.3 is 19.5 Å². The molecule has 4 aliphatic rings. The van der Waals surface area contributed by atoms with Crippen LogP contribution in [-0.4, -0.2) is 48.8 Å². The maximum atomic E-state index is 10.9. The van der Waals surface area contributed by atoms with Crippen molar-refractivity contribution in [2.45, 2.75) is 36.4 Å². The summed E-state index contributed by atoms with van der Waals surface area (Å²) in [4.78, 5) is 1.05. The highest BCUT2D eigenvalue weighted by molar-refractivity contribution is 5.62. The second-order valence-electron chi connectivity index (χ2n) is 6.14. The minimum absolute atomic E-state index is 0.0445. The topological polar surface area (TPSA) is 41.9 Å². The van der Waals surface area contributed by atoms with Crippen molar-refractivity contribution < 1.29 is 29.7 Å². The Hall–Kier alpha value is -1.52. The van der Waals surface area contributed by atoms with Crippen LogP contribution in [0.5, 0.6) is 11.5 Å². The third kappa shape index (κ3) is 1.28. The third-order valence-electron chi connectivity index (χ3n) is 5.33. The van der Waals surface area contributed by atoms with Gasteiger partial charge in [-0.05, 0) is 37.9 Å². The van der Waals surface area contributed by atoms with Gasteiger partial charge in [-0.25, -0.2) is 0 Å². The molecule has 5 rings (SSSR count). The summed E-state index contributed by atoms with van der Waals surface area (Å²) >= 11 is 0. The first-order valence-corrected chi connectivity index (χ1v) is 7.17. The van der Waals surface area contributed by atoms with Crippen molar-refractivity contribution in [3.63, 3.8) is 0 Å². The molecular formula is C18H21NO3. The van der Waals surface area contributed by atoms with Crippen molar-refractivity contribution in [1.29, 1.82) is 0 Å². The van der Waals surface area contributed by atoms with Gasteiger partial charge in [0, 0.05) is 29.8 Å². The van der Waals surface area contributed by atoms with Gasteiger partial charge in [0.2, 0.25) is 0 Å². The Morgan fingerprint density at radius 2 is 2.55 bits per heavy atom. The lowest BCUT2D eigenvalue weighted by Gasteiger charge is -2.56. The molecule has 1 saturated heterocycles. The van der Waals surface area contributed by atoms with E-state index in [0.717, 1.165) is 11.0 Å². The minimum Gasteiger partial charge on any atom is -0.493 e. The van der Waals surface area contributed by atoms with E-state index >= 15 is 0 Å². The van der Waals surface area contributed by atoms with Gasteiger partial charge in [0.1, 0.15) is 12.2 Å². The molecule has 1 fully saturated rings. The Bertz CT molecular complexity index is 1080. The van der Waals surface area contributed by atoms with E-state index in [-0.39, 0.29) is 29.8 Å². The Balaban J connectivity index is 1.89. The number of ether oxygens (including phenoxy) is 2. The molecule has 5 atom stereocenters. The van der Waals surface area contributed by atoms with E-state index in [1.807, 2.05) is 0 Å². The molecule has 2 unspecified atom stereocenters. The van der Waals surface area contributed by atoms with Gasteiger partial charge in [-0.3, -0.25) is 0 Å². The average molecular weight is 310 g/mol. The van der Waals surface area contributed by atoms with E-state index in [0.29, 0.717) is 0 Å². The van der Waals surface area contributed by atoms with Crippen molar-refractivity contribution in [3.05, 3.63) is 35.4 Å². The van der Waals surface area contributed by atoms with E-state index in [1.54, 1.807) is 0 Å². The first-order chi connectivity index (χ1) is 14.9. The lowest BCUT2D eigenvalue weighted by atomic mass is 9.53. The first kappa shape index (κ1) is 6.17. The fourth-order valence-corrected chi connectivity index (χ4v) is 4.45. The SMILES string of the molecule is [2H]c1c([2H])c2c3c(c1OC([2H])([2H])[2H])OC1C([2H])(O)C=C[C@H]4[C@H](N(C([2H])([2H])[2H])CC[C@]314)C2([2H])[2H]. The molecule has 0 radical (unpaired) electrons. The third-order valence-corrected chi connectivity index (χ3v) is 5.33. The molecule has 4 nitrogen and oxygen atoms in total. The molecule has 1 spiro atoms. The van der Waals surface area contributed by atoms with E-state index < -0.39 is 67.8 Å². The number of likely N-dealkylation sites (tertiary alicyclic amines) is 1. The summed E-state index contributed by atoms with van der Waals surface area (Å²) in [6, 6.07) is -2.66. The molecule has 0 saturated carbocycles. The molecule has 2 aliphatic carbocycles.